The molecule has 1 atom stereocenters. The van der Waals surface area contributed by atoms with Gasteiger partial charge in [-0.05, 0) is 0 Å². The lowest BCUT2D eigenvalue weighted by atomic mass is 11.0. The van der Waals surface area contributed by atoms with Gasteiger partial charge < -0.3 is 0 Å². The Morgan fingerprint density at radius 3 is 2.20 bits per heavy atom. The van der Waals surface area contributed by atoms with Crippen molar-refractivity contribution < 1.29 is 4.62 Å². The quantitative estimate of drug-likeness (QED) is 0.333. The van der Waals surface area contributed by atoms with Crippen molar-refractivity contribution in [3.63, 3.8) is 0 Å². The Labute approximate surface area is 33.3 Å². The Bertz CT molecular complexity index is 36.6. The van der Waals surface area contributed by atoms with E-state index in [0.29, 0.717) is 0 Å². The predicted molar refractivity (Wildman–Crippen MR) is 22.4 cm³/mol. The number of hydroxylamine groups is 2. The first kappa shape index (κ1) is 3.54. The van der Waals surface area contributed by atoms with Gasteiger partial charge in [-0.2, -0.15) is 5.06 Å². The highest BCUT2D eigenvalue weighted by Gasteiger charge is 2.14. The molecule has 0 saturated carbocycles. The van der Waals surface area contributed by atoms with E-state index in [9.17, 15) is 0 Å². The topological polar surface area (TPSA) is 12.2 Å². The van der Waals surface area contributed by atoms with Crippen LogP contribution in [0.15, 0.2) is 0 Å². The van der Waals surface area contributed by atoms with Crippen LogP contribution < -0.4 is 0 Å². The van der Waals surface area contributed by atoms with Gasteiger partial charge in [-0.15, -0.1) is 0 Å². The molecule has 0 aromatic carbocycles. The van der Waals surface area contributed by atoms with Crippen molar-refractivity contribution in [2.75, 3.05) is 13.1 Å². The van der Waals surface area contributed by atoms with Crippen molar-refractivity contribution in [2.45, 2.75) is 0 Å². The Morgan fingerprint density at radius 2 is 2.20 bits per heavy atom. The van der Waals surface area contributed by atoms with Crippen LogP contribution in [-0.4, -0.2) is 18.2 Å². The van der Waals surface area contributed by atoms with Crippen molar-refractivity contribution in [1.29, 1.82) is 0 Å². The molecule has 1 aliphatic rings. The fraction of sp³-hybridized carbons (Fsp3) is 1.00. The highest BCUT2D eigenvalue weighted by Crippen LogP contribution is 2.05. The summed E-state index contributed by atoms with van der Waals surface area (Å²) in [4.78, 5) is 0. The molecule has 1 heterocycles. The molecule has 0 amide bonds. The molecule has 0 radical (unpaired) electrons. The maximum absolute atomic E-state index is 4.61. The molecule has 1 rings (SSSR count). The highest BCUT2D eigenvalue weighted by molar-refractivity contribution is 7.09. The van der Waals surface area contributed by atoms with E-state index in [0.717, 1.165) is 13.1 Å². The van der Waals surface area contributed by atoms with E-state index in [1.54, 1.807) is 0 Å². The Balaban J connectivity index is 2.00. The molecule has 1 saturated heterocycles. The monoisotopic (exact) mass is 91.0 g/mol. The molecular formula is C2H6NOP. The molecule has 3 heteroatoms. The van der Waals surface area contributed by atoms with Gasteiger partial charge in [0.05, 0.1) is 0 Å². The summed E-state index contributed by atoms with van der Waals surface area (Å²) >= 11 is 0. The summed E-state index contributed by atoms with van der Waals surface area (Å²) in [7, 11) is 2.18. The van der Waals surface area contributed by atoms with E-state index in [1.807, 2.05) is 5.06 Å². The average Bonchev–Trinajstić information content (AvgIpc) is 2.12. The number of hydrogen-bond acceptors (Lipinski definition) is 2. The van der Waals surface area contributed by atoms with Crippen LogP contribution >= 0.6 is 9.47 Å². The van der Waals surface area contributed by atoms with E-state index < -0.39 is 0 Å². The van der Waals surface area contributed by atoms with Gasteiger partial charge in [0.25, 0.3) is 0 Å². The third-order valence-corrected chi connectivity index (χ3v) is 0.853. The molecule has 0 aliphatic carbocycles. The number of hydrogen-bond donors (Lipinski definition) is 0. The second-order valence-electron chi connectivity index (χ2n) is 1.03. The second kappa shape index (κ2) is 1.21. The van der Waals surface area contributed by atoms with Crippen molar-refractivity contribution in [2.24, 2.45) is 0 Å². The lowest BCUT2D eigenvalue weighted by Gasteiger charge is -1.85. The molecule has 2 nitrogen and oxygen atoms in total. The summed E-state index contributed by atoms with van der Waals surface area (Å²) in [6, 6.07) is 0. The third-order valence-electron chi connectivity index (χ3n) is 0.555. The van der Waals surface area contributed by atoms with Gasteiger partial charge in [0.2, 0.25) is 0 Å². The number of rotatable bonds is 1. The van der Waals surface area contributed by atoms with E-state index >= 15 is 0 Å². The zero-order valence-electron chi connectivity index (χ0n) is 2.85. The standard InChI is InChI=1S/C2H6NOP/c5-4-3-1-2-3/h1-2,5H2. The summed E-state index contributed by atoms with van der Waals surface area (Å²) in [6.45, 7) is 2.20. The molecule has 0 bridgehead atoms. The summed E-state index contributed by atoms with van der Waals surface area (Å²) in [5, 5.41) is 1.84. The Morgan fingerprint density at radius 1 is 1.60 bits per heavy atom. The van der Waals surface area contributed by atoms with Gasteiger partial charge in [-0.3, -0.25) is 4.62 Å². The average molecular weight is 91.1 g/mol. The highest BCUT2D eigenvalue weighted by atomic mass is 31.0. The van der Waals surface area contributed by atoms with E-state index in [1.165, 1.54) is 0 Å². The molecule has 0 aromatic rings. The van der Waals surface area contributed by atoms with Gasteiger partial charge in [0, 0.05) is 22.6 Å². The molecule has 0 aromatic heterocycles. The van der Waals surface area contributed by atoms with Crippen molar-refractivity contribution in [1.82, 2.24) is 5.06 Å². The molecule has 0 spiro atoms. The molecular weight excluding hydrogens is 85.0 g/mol. The lowest BCUT2D eigenvalue weighted by molar-refractivity contribution is 0.100. The maximum atomic E-state index is 4.61. The largest absolute Gasteiger partial charge is 0.284 e. The van der Waals surface area contributed by atoms with Gasteiger partial charge in [0.15, 0.2) is 0 Å². The van der Waals surface area contributed by atoms with Gasteiger partial charge in [0.1, 0.15) is 0 Å². The van der Waals surface area contributed by atoms with Crippen molar-refractivity contribution >= 4 is 9.47 Å². The molecule has 1 unspecified atom stereocenters. The summed E-state index contributed by atoms with van der Waals surface area (Å²) in [5.41, 5.74) is 0. The van der Waals surface area contributed by atoms with Crippen molar-refractivity contribution in [3.05, 3.63) is 0 Å². The van der Waals surface area contributed by atoms with Crippen molar-refractivity contribution in [3.8, 4) is 0 Å². The zero-order valence-corrected chi connectivity index (χ0v) is 4.00. The van der Waals surface area contributed by atoms with Crippen LogP contribution in [0.3, 0.4) is 0 Å². The Kier molecular flexibility index (Phi) is 0.856. The maximum Gasteiger partial charge on any atom is 0.0395 e. The fourth-order valence-electron chi connectivity index (χ4n) is 0.146. The van der Waals surface area contributed by atoms with Crippen LogP contribution in [0.4, 0.5) is 0 Å². The minimum atomic E-state index is 1.10. The van der Waals surface area contributed by atoms with Gasteiger partial charge in [-0.1, -0.05) is 0 Å². The minimum absolute atomic E-state index is 1.10. The first-order valence-electron chi connectivity index (χ1n) is 1.55. The van der Waals surface area contributed by atoms with Crippen LogP contribution in [0.5, 0.6) is 0 Å². The van der Waals surface area contributed by atoms with E-state index in [2.05, 4.69) is 14.1 Å². The van der Waals surface area contributed by atoms with Gasteiger partial charge in [-0.25, -0.2) is 0 Å². The predicted octanol–water partition coefficient (Wildman–Crippen LogP) is 0.0237. The Hall–Kier alpha value is 0.350. The minimum Gasteiger partial charge on any atom is -0.284 e. The lowest BCUT2D eigenvalue weighted by Crippen LogP contribution is -1.81. The normalized spacial score (nSPS) is 23.4. The van der Waals surface area contributed by atoms with Crippen LogP contribution in [-0.2, 0) is 4.62 Å². The van der Waals surface area contributed by atoms with Crippen LogP contribution in [0.2, 0.25) is 0 Å². The van der Waals surface area contributed by atoms with Crippen LogP contribution in [0.1, 0.15) is 0 Å². The van der Waals surface area contributed by atoms with Crippen LogP contribution in [0.25, 0.3) is 0 Å². The summed E-state index contributed by atoms with van der Waals surface area (Å²) in [5.74, 6) is 0. The third kappa shape index (κ3) is 0.839. The smallest absolute Gasteiger partial charge is 0.0395 e. The fourth-order valence-corrected chi connectivity index (χ4v) is 0.357. The summed E-state index contributed by atoms with van der Waals surface area (Å²) < 4.78 is 4.61. The molecule has 0 N–H and O–H groups in total. The number of nitrogens with zero attached hydrogens (tertiary/aromatic N) is 1. The van der Waals surface area contributed by atoms with Gasteiger partial charge >= 0.3 is 0 Å². The first-order chi connectivity index (χ1) is 2.43. The molecule has 1 aliphatic heterocycles. The zero-order chi connectivity index (χ0) is 3.70. The summed E-state index contributed by atoms with van der Waals surface area (Å²) in [6.07, 6.45) is 0. The SMILES string of the molecule is PON1CC1. The first-order valence-corrected chi connectivity index (χ1v) is 2.02. The molecule has 30 valence electrons. The second-order valence-corrected chi connectivity index (χ2v) is 1.25. The molecule has 5 heavy (non-hydrogen) atoms. The van der Waals surface area contributed by atoms with Crippen LogP contribution in [0, 0.1) is 0 Å². The van der Waals surface area contributed by atoms with E-state index in [4.69, 9.17) is 0 Å². The molecule has 1 fully saturated rings. The van der Waals surface area contributed by atoms with E-state index in [-0.39, 0.29) is 0 Å².